The van der Waals surface area contributed by atoms with Crippen molar-refractivity contribution >= 4 is 11.6 Å². The molecule has 0 saturated heterocycles. The minimum absolute atomic E-state index is 0.330. The normalized spacial score (nSPS) is 17.8. The van der Waals surface area contributed by atoms with Crippen LogP contribution in [0.15, 0.2) is 6.20 Å². The van der Waals surface area contributed by atoms with Gasteiger partial charge in [0, 0.05) is 5.92 Å². The first-order chi connectivity index (χ1) is 6.27. The van der Waals surface area contributed by atoms with Gasteiger partial charge < -0.3 is 11.5 Å². The first-order valence-corrected chi connectivity index (χ1v) is 4.65. The van der Waals surface area contributed by atoms with Crippen LogP contribution in [0.3, 0.4) is 0 Å². The molecule has 1 aromatic rings. The van der Waals surface area contributed by atoms with Crippen molar-refractivity contribution in [3.05, 3.63) is 11.9 Å². The fourth-order valence-corrected chi connectivity index (χ4v) is 1.94. The number of aromatic nitrogens is 2. The van der Waals surface area contributed by atoms with Gasteiger partial charge >= 0.3 is 0 Å². The van der Waals surface area contributed by atoms with Crippen molar-refractivity contribution in [1.29, 1.82) is 0 Å². The fourth-order valence-electron chi connectivity index (χ4n) is 1.94. The molecule has 0 aromatic carbocycles. The van der Waals surface area contributed by atoms with Crippen molar-refractivity contribution in [1.82, 2.24) is 9.97 Å². The zero-order chi connectivity index (χ0) is 9.26. The van der Waals surface area contributed by atoms with Crippen LogP contribution in [0, 0.1) is 0 Å². The Morgan fingerprint density at radius 1 is 1.23 bits per heavy atom. The zero-order valence-electron chi connectivity index (χ0n) is 7.53. The van der Waals surface area contributed by atoms with E-state index in [4.69, 9.17) is 11.5 Å². The lowest BCUT2D eigenvalue weighted by molar-refractivity contribution is 0.699. The molecule has 1 saturated carbocycles. The summed E-state index contributed by atoms with van der Waals surface area (Å²) in [5, 5.41) is 0. The van der Waals surface area contributed by atoms with Gasteiger partial charge in [0.05, 0.1) is 17.6 Å². The highest BCUT2D eigenvalue weighted by atomic mass is 15.0. The summed E-state index contributed by atoms with van der Waals surface area (Å²) in [5.74, 6) is 0.835. The molecule has 1 aliphatic carbocycles. The standard InChI is InChI=1S/C9H14N4/c10-7-5-12-9(11)13-8(7)6-3-1-2-4-6/h5-6H,1-4,10H2,(H2,11,12,13). The Morgan fingerprint density at radius 3 is 2.62 bits per heavy atom. The molecule has 70 valence electrons. The van der Waals surface area contributed by atoms with Gasteiger partial charge in [-0.2, -0.15) is 0 Å². The van der Waals surface area contributed by atoms with Crippen LogP contribution < -0.4 is 11.5 Å². The average Bonchev–Trinajstić information content (AvgIpc) is 2.61. The molecule has 1 aliphatic rings. The third-order valence-corrected chi connectivity index (χ3v) is 2.61. The molecule has 0 bridgehead atoms. The van der Waals surface area contributed by atoms with Crippen LogP contribution in [0.25, 0.3) is 0 Å². The van der Waals surface area contributed by atoms with Gasteiger partial charge in [-0.1, -0.05) is 12.8 Å². The monoisotopic (exact) mass is 178 g/mol. The van der Waals surface area contributed by atoms with E-state index in [1.54, 1.807) is 6.20 Å². The van der Waals surface area contributed by atoms with Gasteiger partial charge in [0.1, 0.15) is 0 Å². The molecule has 0 atom stereocenters. The number of nitrogens with two attached hydrogens (primary N) is 2. The van der Waals surface area contributed by atoms with Crippen LogP contribution in [0.1, 0.15) is 37.3 Å². The molecular formula is C9H14N4. The van der Waals surface area contributed by atoms with E-state index in [0.29, 0.717) is 17.6 Å². The lowest BCUT2D eigenvalue weighted by Crippen LogP contribution is -2.06. The Labute approximate surface area is 77.4 Å². The largest absolute Gasteiger partial charge is 0.396 e. The van der Waals surface area contributed by atoms with Gasteiger partial charge in [0.2, 0.25) is 5.95 Å². The summed E-state index contributed by atoms with van der Waals surface area (Å²) in [6.07, 6.45) is 6.51. The minimum Gasteiger partial charge on any atom is -0.396 e. The van der Waals surface area contributed by atoms with E-state index in [1.165, 1.54) is 25.7 Å². The number of nitrogen functional groups attached to an aromatic ring is 2. The lowest BCUT2D eigenvalue weighted by atomic mass is 10.0. The van der Waals surface area contributed by atoms with Gasteiger partial charge in [-0.25, -0.2) is 9.97 Å². The van der Waals surface area contributed by atoms with E-state index < -0.39 is 0 Å². The second-order valence-corrected chi connectivity index (χ2v) is 3.55. The summed E-state index contributed by atoms with van der Waals surface area (Å²) in [4.78, 5) is 8.05. The fraction of sp³-hybridized carbons (Fsp3) is 0.556. The van der Waals surface area contributed by atoms with Crippen LogP contribution in [0.2, 0.25) is 0 Å². The van der Waals surface area contributed by atoms with E-state index in [1.807, 2.05) is 0 Å². The molecule has 0 spiro atoms. The number of hydrogen-bond acceptors (Lipinski definition) is 4. The predicted octanol–water partition coefficient (Wildman–Crippen LogP) is 1.30. The molecule has 0 unspecified atom stereocenters. The van der Waals surface area contributed by atoms with Crippen molar-refractivity contribution in [2.24, 2.45) is 0 Å². The average molecular weight is 178 g/mol. The van der Waals surface area contributed by atoms with Gasteiger partial charge in [-0.05, 0) is 12.8 Å². The molecule has 0 radical (unpaired) electrons. The summed E-state index contributed by atoms with van der Waals surface area (Å²) in [5.41, 5.74) is 12.9. The molecule has 0 amide bonds. The molecule has 0 aliphatic heterocycles. The van der Waals surface area contributed by atoms with Crippen LogP contribution in [-0.4, -0.2) is 9.97 Å². The SMILES string of the molecule is Nc1ncc(N)c(C2CCCC2)n1. The second-order valence-electron chi connectivity index (χ2n) is 3.55. The van der Waals surface area contributed by atoms with Crippen LogP contribution >= 0.6 is 0 Å². The van der Waals surface area contributed by atoms with Crippen LogP contribution in [-0.2, 0) is 0 Å². The van der Waals surface area contributed by atoms with Crippen molar-refractivity contribution in [2.75, 3.05) is 11.5 Å². The zero-order valence-corrected chi connectivity index (χ0v) is 7.53. The van der Waals surface area contributed by atoms with Crippen molar-refractivity contribution in [2.45, 2.75) is 31.6 Å². The summed E-state index contributed by atoms with van der Waals surface area (Å²) >= 11 is 0. The van der Waals surface area contributed by atoms with Gasteiger partial charge in [-0.3, -0.25) is 0 Å². The Morgan fingerprint density at radius 2 is 1.92 bits per heavy atom. The smallest absolute Gasteiger partial charge is 0.220 e. The summed E-state index contributed by atoms with van der Waals surface area (Å²) in [7, 11) is 0. The van der Waals surface area contributed by atoms with E-state index >= 15 is 0 Å². The number of hydrogen-bond donors (Lipinski definition) is 2. The van der Waals surface area contributed by atoms with Gasteiger partial charge in [-0.15, -0.1) is 0 Å². The Bertz CT molecular complexity index is 304. The molecule has 4 heteroatoms. The number of rotatable bonds is 1. The first-order valence-electron chi connectivity index (χ1n) is 4.65. The molecule has 1 fully saturated rings. The van der Waals surface area contributed by atoms with E-state index in [0.717, 1.165) is 5.69 Å². The quantitative estimate of drug-likeness (QED) is 0.679. The minimum atomic E-state index is 0.330. The molecule has 1 heterocycles. The maximum Gasteiger partial charge on any atom is 0.220 e. The van der Waals surface area contributed by atoms with E-state index in [-0.39, 0.29) is 0 Å². The maximum atomic E-state index is 5.79. The van der Waals surface area contributed by atoms with Crippen molar-refractivity contribution in [3.8, 4) is 0 Å². The highest BCUT2D eigenvalue weighted by Crippen LogP contribution is 2.35. The molecule has 4 N–H and O–H groups in total. The summed E-state index contributed by atoms with van der Waals surface area (Å²) in [6, 6.07) is 0. The highest BCUT2D eigenvalue weighted by molar-refractivity contribution is 5.45. The van der Waals surface area contributed by atoms with Crippen LogP contribution in [0.5, 0.6) is 0 Å². The van der Waals surface area contributed by atoms with Crippen LogP contribution in [0.4, 0.5) is 11.6 Å². The Kier molecular flexibility index (Phi) is 2.04. The third kappa shape index (κ3) is 1.56. The Hall–Kier alpha value is -1.32. The molecular weight excluding hydrogens is 164 g/mol. The maximum absolute atomic E-state index is 5.79. The van der Waals surface area contributed by atoms with Crippen molar-refractivity contribution in [3.63, 3.8) is 0 Å². The lowest BCUT2D eigenvalue weighted by Gasteiger charge is -2.10. The van der Waals surface area contributed by atoms with Gasteiger partial charge in [0.25, 0.3) is 0 Å². The van der Waals surface area contributed by atoms with Crippen molar-refractivity contribution < 1.29 is 0 Å². The van der Waals surface area contributed by atoms with Gasteiger partial charge in [0.15, 0.2) is 0 Å². The highest BCUT2D eigenvalue weighted by Gasteiger charge is 2.20. The topological polar surface area (TPSA) is 77.8 Å². The number of nitrogens with zero attached hydrogens (tertiary/aromatic N) is 2. The molecule has 2 rings (SSSR count). The molecule has 4 nitrogen and oxygen atoms in total. The Balaban J connectivity index is 2.32. The second kappa shape index (κ2) is 3.20. The van der Waals surface area contributed by atoms with E-state index in [9.17, 15) is 0 Å². The first kappa shape index (κ1) is 8.29. The predicted molar refractivity (Wildman–Crippen MR) is 52.1 cm³/mol. The molecule has 13 heavy (non-hydrogen) atoms. The number of anilines is 2. The van der Waals surface area contributed by atoms with E-state index in [2.05, 4.69) is 9.97 Å². The third-order valence-electron chi connectivity index (χ3n) is 2.61. The summed E-state index contributed by atoms with van der Waals surface area (Å²) < 4.78 is 0. The molecule has 1 aromatic heterocycles. The summed E-state index contributed by atoms with van der Waals surface area (Å²) in [6.45, 7) is 0.